The third-order valence-corrected chi connectivity index (χ3v) is 6.19. The minimum absolute atomic E-state index is 0.0991. The molecule has 0 atom stereocenters. The number of hydrogen-bond acceptors (Lipinski definition) is 4. The predicted octanol–water partition coefficient (Wildman–Crippen LogP) is 4.11. The molecule has 6 nitrogen and oxygen atoms in total. The van der Waals surface area contributed by atoms with E-state index in [-0.39, 0.29) is 11.7 Å². The molecule has 0 bridgehead atoms. The van der Waals surface area contributed by atoms with Gasteiger partial charge in [-0.1, -0.05) is 24.3 Å². The zero-order chi connectivity index (χ0) is 22.2. The van der Waals surface area contributed by atoms with Crippen LogP contribution in [-0.2, 0) is 0 Å². The highest BCUT2D eigenvalue weighted by molar-refractivity contribution is 6.00. The van der Waals surface area contributed by atoms with Gasteiger partial charge in [-0.15, -0.1) is 0 Å². The summed E-state index contributed by atoms with van der Waals surface area (Å²) in [5.41, 5.74) is 5.95. The van der Waals surface area contributed by atoms with Crippen LogP contribution in [0.4, 0.5) is 10.1 Å². The smallest absolute Gasteiger partial charge is 0.259 e. The summed E-state index contributed by atoms with van der Waals surface area (Å²) >= 11 is 0. The first-order valence-electron chi connectivity index (χ1n) is 10.7. The second kappa shape index (κ2) is 8.07. The van der Waals surface area contributed by atoms with Crippen molar-refractivity contribution in [3.8, 4) is 11.3 Å². The molecule has 32 heavy (non-hydrogen) atoms. The van der Waals surface area contributed by atoms with Crippen molar-refractivity contribution >= 4 is 17.2 Å². The number of hydrogen-bond donors (Lipinski definition) is 0. The van der Waals surface area contributed by atoms with E-state index < -0.39 is 0 Å². The number of halogens is 1. The molecule has 0 N–H and O–H groups in total. The summed E-state index contributed by atoms with van der Waals surface area (Å²) in [6.45, 7) is 6.34. The lowest BCUT2D eigenvalue weighted by Gasteiger charge is -2.36. The van der Waals surface area contributed by atoms with Gasteiger partial charge >= 0.3 is 0 Å². The summed E-state index contributed by atoms with van der Waals surface area (Å²) in [4.78, 5) is 21.5. The van der Waals surface area contributed by atoms with Crippen molar-refractivity contribution < 1.29 is 9.18 Å². The summed E-state index contributed by atoms with van der Waals surface area (Å²) in [6, 6.07) is 14.9. The molecule has 1 aliphatic heterocycles. The van der Waals surface area contributed by atoms with Crippen molar-refractivity contribution in [3.05, 3.63) is 83.4 Å². The number of carbonyl (C=O) groups excluding carboxylic acids is 1. The van der Waals surface area contributed by atoms with Gasteiger partial charge in [-0.3, -0.25) is 4.79 Å². The first-order chi connectivity index (χ1) is 15.5. The van der Waals surface area contributed by atoms with Crippen molar-refractivity contribution in [2.45, 2.75) is 13.8 Å². The van der Waals surface area contributed by atoms with Crippen LogP contribution in [0.1, 0.15) is 21.5 Å². The molecule has 1 fully saturated rings. The highest BCUT2D eigenvalue weighted by Gasteiger charge is 2.26. The number of benzene rings is 2. The molecule has 0 saturated carbocycles. The van der Waals surface area contributed by atoms with Crippen molar-refractivity contribution in [2.75, 3.05) is 31.1 Å². The van der Waals surface area contributed by atoms with E-state index in [0.717, 1.165) is 11.3 Å². The van der Waals surface area contributed by atoms with Crippen LogP contribution < -0.4 is 4.90 Å². The fourth-order valence-corrected chi connectivity index (χ4v) is 4.19. The van der Waals surface area contributed by atoms with E-state index in [1.165, 1.54) is 17.2 Å². The lowest BCUT2D eigenvalue weighted by Crippen LogP contribution is -2.49. The van der Waals surface area contributed by atoms with Crippen LogP contribution >= 0.6 is 0 Å². The highest BCUT2D eigenvalue weighted by atomic mass is 19.1. The van der Waals surface area contributed by atoms with Crippen LogP contribution in [0.2, 0.25) is 0 Å². The van der Waals surface area contributed by atoms with Crippen LogP contribution in [0.25, 0.3) is 16.9 Å². The maximum atomic E-state index is 14.1. The summed E-state index contributed by atoms with van der Waals surface area (Å²) < 4.78 is 15.8. The molecule has 0 spiro atoms. The Morgan fingerprint density at radius 2 is 1.75 bits per heavy atom. The van der Waals surface area contributed by atoms with E-state index in [0.29, 0.717) is 43.1 Å². The molecule has 4 aromatic rings. The molecule has 7 heteroatoms. The van der Waals surface area contributed by atoms with E-state index in [4.69, 9.17) is 0 Å². The van der Waals surface area contributed by atoms with Gasteiger partial charge in [0.15, 0.2) is 5.65 Å². The number of rotatable bonds is 3. The normalized spacial score (nSPS) is 14.2. The molecule has 0 aliphatic carbocycles. The van der Waals surface area contributed by atoms with Gasteiger partial charge in [0, 0.05) is 37.9 Å². The van der Waals surface area contributed by atoms with Gasteiger partial charge in [0.2, 0.25) is 0 Å². The first kappa shape index (κ1) is 20.2. The molecule has 0 unspecified atom stereocenters. The topological polar surface area (TPSA) is 53.7 Å². The maximum Gasteiger partial charge on any atom is 0.259 e. The molecule has 162 valence electrons. The van der Waals surface area contributed by atoms with Crippen molar-refractivity contribution in [3.63, 3.8) is 0 Å². The minimum atomic E-state index is -0.238. The van der Waals surface area contributed by atoms with Gasteiger partial charge in [-0.25, -0.2) is 13.9 Å². The van der Waals surface area contributed by atoms with E-state index in [1.807, 2.05) is 17.0 Å². The molecule has 2 aromatic heterocycles. The average molecular weight is 429 g/mol. The molecule has 3 heterocycles. The Morgan fingerprint density at radius 3 is 2.50 bits per heavy atom. The number of anilines is 1. The van der Waals surface area contributed by atoms with Crippen molar-refractivity contribution in [2.24, 2.45) is 0 Å². The Bertz CT molecular complexity index is 1310. The van der Waals surface area contributed by atoms with Gasteiger partial charge in [0.1, 0.15) is 11.4 Å². The van der Waals surface area contributed by atoms with Crippen molar-refractivity contribution in [1.82, 2.24) is 19.5 Å². The molecule has 1 amide bonds. The third-order valence-electron chi connectivity index (χ3n) is 6.19. The Hall–Kier alpha value is -3.74. The number of aromatic nitrogens is 3. The predicted molar refractivity (Wildman–Crippen MR) is 122 cm³/mol. The summed E-state index contributed by atoms with van der Waals surface area (Å²) in [6.07, 6.45) is 3.31. The number of fused-ring (bicyclic) bond motifs is 1. The molecule has 0 radical (unpaired) electrons. The number of piperazine rings is 1. The van der Waals surface area contributed by atoms with Gasteiger partial charge < -0.3 is 9.80 Å². The van der Waals surface area contributed by atoms with Crippen LogP contribution in [0, 0.1) is 19.7 Å². The van der Waals surface area contributed by atoms with Crippen LogP contribution in [-0.4, -0.2) is 51.6 Å². The number of carbonyl (C=O) groups is 1. The molecule has 1 aliphatic rings. The molecular formula is C25H24FN5O. The summed E-state index contributed by atoms with van der Waals surface area (Å²) in [5, 5.41) is 4.48. The lowest BCUT2D eigenvalue weighted by molar-refractivity contribution is 0.0748. The van der Waals surface area contributed by atoms with E-state index >= 15 is 0 Å². The molecular weight excluding hydrogens is 405 g/mol. The third kappa shape index (κ3) is 3.49. The zero-order valence-corrected chi connectivity index (χ0v) is 18.1. The minimum Gasteiger partial charge on any atom is -0.366 e. The fourth-order valence-electron chi connectivity index (χ4n) is 4.19. The molecule has 2 aromatic carbocycles. The number of nitrogens with zero attached hydrogens (tertiary/aromatic N) is 5. The van der Waals surface area contributed by atoms with E-state index in [9.17, 15) is 9.18 Å². The van der Waals surface area contributed by atoms with E-state index in [1.54, 1.807) is 33.9 Å². The monoisotopic (exact) mass is 429 g/mol. The Kier molecular flexibility index (Phi) is 5.09. The standard InChI is InChI=1S/C25H24FN5O/c1-17-7-8-19(15-18(17)2)22-9-10-27-24-20(16-28-31(22)24)25(32)30-13-11-29(12-14-30)23-6-4-3-5-21(23)26/h3-10,15-16H,11-14H2,1-2H3. The van der Waals surface area contributed by atoms with Gasteiger partial charge in [0.05, 0.1) is 17.6 Å². The SMILES string of the molecule is Cc1ccc(-c2ccnc3c(C(=O)N4CCN(c5ccccc5F)CC4)cnn23)cc1C. The Morgan fingerprint density at radius 1 is 0.969 bits per heavy atom. The summed E-state index contributed by atoms with van der Waals surface area (Å²) in [5.74, 6) is -0.337. The maximum absolute atomic E-state index is 14.1. The fraction of sp³-hybridized carbons (Fsp3) is 0.240. The number of para-hydroxylation sites is 1. The second-order valence-electron chi connectivity index (χ2n) is 8.15. The Balaban J connectivity index is 1.39. The number of amides is 1. The molecule has 1 saturated heterocycles. The first-order valence-corrected chi connectivity index (χ1v) is 10.7. The van der Waals surface area contributed by atoms with E-state index in [2.05, 4.69) is 42.1 Å². The quantitative estimate of drug-likeness (QED) is 0.492. The highest BCUT2D eigenvalue weighted by Crippen LogP contribution is 2.25. The largest absolute Gasteiger partial charge is 0.366 e. The van der Waals surface area contributed by atoms with Crippen molar-refractivity contribution in [1.29, 1.82) is 0 Å². The second-order valence-corrected chi connectivity index (χ2v) is 8.15. The van der Waals surface area contributed by atoms with Gasteiger partial charge in [0.25, 0.3) is 5.91 Å². The van der Waals surface area contributed by atoms with Crippen LogP contribution in [0.15, 0.2) is 60.9 Å². The number of aryl methyl sites for hydroxylation is 2. The Labute approximate surface area is 185 Å². The lowest BCUT2D eigenvalue weighted by atomic mass is 10.0. The van der Waals surface area contributed by atoms with Gasteiger partial charge in [-0.05, 0) is 49.2 Å². The summed E-state index contributed by atoms with van der Waals surface area (Å²) in [7, 11) is 0. The van der Waals surface area contributed by atoms with Crippen LogP contribution in [0.5, 0.6) is 0 Å². The zero-order valence-electron chi connectivity index (χ0n) is 18.1. The van der Waals surface area contributed by atoms with Crippen LogP contribution in [0.3, 0.4) is 0 Å². The average Bonchev–Trinajstić information content (AvgIpc) is 3.25. The van der Waals surface area contributed by atoms with Gasteiger partial charge in [-0.2, -0.15) is 5.10 Å². The molecule has 5 rings (SSSR count).